The number of thiophene rings is 1. The number of aromatic nitrogens is 2. The van der Waals surface area contributed by atoms with E-state index >= 15 is 0 Å². The molecular weight excluding hydrogens is 258 g/mol. The molecule has 104 valence electrons. The molecule has 0 atom stereocenters. The number of nitrogens with zero attached hydrogens (tertiary/aromatic N) is 2. The van der Waals surface area contributed by atoms with Crippen molar-refractivity contribution in [3.63, 3.8) is 0 Å². The first-order valence-electron chi connectivity index (χ1n) is 6.75. The van der Waals surface area contributed by atoms with E-state index in [9.17, 15) is 0 Å². The minimum atomic E-state index is 0.619. The van der Waals surface area contributed by atoms with Crippen molar-refractivity contribution < 1.29 is 4.74 Å². The summed E-state index contributed by atoms with van der Waals surface area (Å²) in [5, 5.41) is 7.59. The molecule has 0 fully saturated rings. The second kappa shape index (κ2) is 7.31. The summed E-state index contributed by atoms with van der Waals surface area (Å²) in [6.07, 6.45) is 4.86. The summed E-state index contributed by atoms with van der Waals surface area (Å²) in [7, 11) is 0. The largest absolute Gasteiger partial charge is 0.485 e. The Bertz CT molecular complexity index is 492. The quantitative estimate of drug-likeness (QED) is 0.755. The van der Waals surface area contributed by atoms with Crippen molar-refractivity contribution in [2.24, 2.45) is 0 Å². The van der Waals surface area contributed by atoms with E-state index in [1.165, 1.54) is 16.2 Å². The number of hydrogen-bond donors (Lipinski definition) is 1. The Kier molecular flexibility index (Phi) is 5.42. The van der Waals surface area contributed by atoms with E-state index in [1.54, 1.807) is 17.5 Å². The summed E-state index contributed by atoms with van der Waals surface area (Å²) in [5.74, 6) is 0.834. The van der Waals surface area contributed by atoms with Gasteiger partial charge in [0.15, 0.2) is 5.75 Å². The van der Waals surface area contributed by atoms with Gasteiger partial charge in [-0.1, -0.05) is 6.92 Å². The van der Waals surface area contributed by atoms with E-state index < -0.39 is 0 Å². The zero-order chi connectivity index (χ0) is 13.5. The van der Waals surface area contributed by atoms with E-state index in [1.807, 2.05) is 10.9 Å². The normalized spacial score (nSPS) is 10.8. The lowest BCUT2D eigenvalue weighted by molar-refractivity contribution is 0.309. The minimum absolute atomic E-state index is 0.619. The SMILES string of the molecule is CCCNCc1ccc(COc2cnn(CC)c2)s1. The first kappa shape index (κ1) is 14.1. The van der Waals surface area contributed by atoms with Crippen LogP contribution in [0.4, 0.5) is 0 Å². The number of ether oxygens (including phenoxy) is 1. The minimum Gasteiger partial charge on any atom is -0.485 e. The van der Waals surface area contributed by atoms with Crippen LogP contribution in [0.1, 0.15) is 30.0 Å². The van der Waals surface area contributed by atoms with Crippen LogP contribution in [-0.2, 0) is 19.7 Å². The molecule has 0 amide bonds. The molecule has 19 heavy (non-hydrogen) atoms. The molecule has 0 aliphatic carbocycles. The van der Waals surface area contributed by atoms with Crippen molar-refractivity contribution in [3.05, 3.63) is 34.3 Å². The van der Waals surface area contributed by atoms with Crippen molar-refractivity contribution >= 4 is 11.3 Å². The fraction of sp³-hybridized carbons (Fsp3) is 0.500. The van der Waals surface area contributed by atoms with Crippen LogP contribution < -0.4 is 10.1 Å². The van der Waals surface area contributed by atoms with Crippen molar-refractivity contribution in [3.8, 4) is 5.75 Å². The molecule has 0 saturated heterocycles. The van der Waals surface area contributed by atoms with Gasteiger partial charge in [0, 0.05) is 22.8 Å². The number of aryl methyl sites for hydroxylation is 1. The van der Waals surface area contributed by atoms with E-state index in [-0.39, 0.29) is 0 Å². The zero-order valence-corrected chi connectivity index (χ0v) is 12.4. The highest BCUT2D eigenvalue weighted by molar-refractivity contribution is 7.11. The lowest BCUT2D eigenvalue weighted by Gasteiger charge is -2.01. The van der Waals surface area contributed by atoms with Crippen LogP contribution in [0.5, 0.6) is 5.75 Å². The van der Waals surface area contributed by atoms with Crippen molar-refractivity contribution in [2.45, 2.75) is 40.0 Å². The standard InChI is InChI=1S/C14H21N3OS/c1-3-7-15-9-13-5-6-14(19-13)11-18-12-8-16-17(4-2)10-12/h5-6,8,10,15H,3-4,7,9,11H2,1-2H3. The van der Waals surface area contributed by atoms with Crippen molar-refractivity contribution in [2.75, 3.05) is 6.54 Å². The van der Waals surface area contributed by atoms with Gasteiger partial charge in [-0.25, -0.2) is 0 Å². The Morgan fingerprint density at radius 3 is 2.89 bits per heavy atom. The third-order valence-electron chi connectivity index (χ3n) is 2.76. The molecule has 2 heterocycles. The summed E-state index contributed by atoms with van der Waals surface area (Å²) < 4.78 is 7.59. The maximum Gasteiger partial charge on any atom is 0.157 e. The van der Waals surface area contributed by atoms with Gasteiger partial charge in [-0.15, -0.1) is 11.3 Å². The van der Waals surface area contributed by atoms with E-state index in [0.29, 0.717) is 6.61 Å². The zero-order valence-electron chi connectivity index (χ0n) is 11.6. The van der Waals surface area contributed by atoms with Crippen LogP contribution in [0.3, 0.4) is 0 Å². The molecule has 0 radical (unpaired) electrons. The molecule has 0 spiro atoms. The highest BCUT2D eigenvalue weighted by Crippen LogP contribution is 2.19. The summed E-state index contributed by atoms with van der Waals surface area (Å²) >= 11 is 1.80. The average Bonchev–Trinajstić information content (AvgIpc) is 3.05. The smallest absolute Gasteiger partial charge is 0.157 e. The van der Waals surface area contributed by atoms with Crippen molar-refractivity contribution in [1.29, 1.82) is 0 Å². The second-order valence-corrected chi connectivity index (χ2v) is 5.62. The summed E-state index contributed by atoms with van der Waals surface area (Å²) in [4.78, 5) is 2.61. The highest BCUT2D eigenvalue weighted by Gasteiger charge is 2.02. The monoisotopic (exact) mass is 279 g/mol. The van der Waals surface area contributed by atoms with E-state index in [0.717, 1.165) is 25.4 Å². The third-order valence-corrected chi connectivity index (χ3v) is 3.82. The van der Waals surface area contributed by atoms with Gasteiger partial charge >= 0.3 is 0 Å². The fourth-order valence-corrected chi connectivity index (χ4v) is 2.63. The topological polar surface area (TPSA) is 39.1 Å². The molecule has 4 nitrogen and oxygen atoms in total. The fourth-order valence-electron chi connectivity index (χ4n) is 1.73. The van der Waals surface area contributed by atoms with Gasteiger partial charge in [-0.05, 0) is 32.0 Å². The Hall–Kier alpha value is -1.33. The molecule has 5 heteroatoms. The van der Waals surface area contributed by atoms with Crippen LogP contribution in [0, 0.1) is 0 Å². The molecule has 0 bridgehead atoms. The molecule has 1 N–H and O–H groups in total. The Balaban J connectivity index is 1.79. The third kappa shape index (κ3) is 4.36. The molecule has 0 aliphatic heterocycles. The van der Waals surface area contributed by atoms with Crippen LogP contribution in [0.25, 0.3) is 0 Å². The number of hydrogen-bond acceptors (Lipinski definition) is 4. The maximum atomic E-state index is 5.72. The molecule has 2 aromatic heterocycles. The molecule has 2 aromatic rings. The Morgan fingerprint density at radius 1 is 1.32 bits per heavy atom. The molecule has 0 aromatic carbocycles. The van der Waals surface area contributed by atoms with Crippen LogP contribution in [-0.4, -0.2) is 16.3 Å². The Morgan fingerprint density at radius 2 is 2.16 bits per heavy atom. The molecule has 2 rings (SSSR count). The first-order valence-corrected chi connectivity index (χ1v) is 7.57. The van der Waals surface area contributed by atoms with E-state index in [4.69, 9.17) is 4.74 Å². The van der Waals surface area contributed by atoms with Gasteiger partial charge in [-0.2, -0.15) is 5.10 Å². The van der Waals surface area contributed by atoms with Crippen LogP contribution >= 0.6 is 11.3 Å². The molecular formula is C14H21N3OS. The number of rotatable bonds is 8. The molecule has 0 aliphatic rings. The van der Waals surface area contributed by atoms with Gasteiger partial charge in [0.25, 0.3) is 0 Å². The average molecular weight is 279 g/mol. The van der Waals surface area contributed by atoms with Crippen LogP contribution in [0.15, 0.2) is 24.5 Å². The van der Waals surface area contributed by atoms with E-state index in [2.05, 4.69) is 36.4 Å². The number of nitrogens with one attached hydrogen (secondary N) is 1. The summed E-state index contributed by atoms with van der Waals surface area (Å²) in [6, 6.07) is 4.30. The highest BCUT2D eigenvalue weighted by atomic mass is 32.1. The molecule has 0 unspecified atom stereocenters. The lowest BCUT2D eigenvalue weighted by atomic mass is 10.4. The summed E-state index contributed by atoms with van der Waals surface area (Å²) in [6.45, 7) is 7.75. The van der Waals surface area contributed by atoms with Gasteiger partial charge in [0.2, 0.25) is 0 Å². The predicted molar refractivity (Wildman–Crippen MR) is 78.5 cm³/mol. The summed E-state index contributed by atoms with van der Waals surface area (Å²) in [5.41, 5.74) is 0. The maximum absolute atomic E-state index is 5.72. The van der Waals surface area contributed by atoms with Gasteiger partial charge < -0.3 is 10.1 Å². The van der Waals surface area contributed by atoms with Gasteiger partial charge in [0.05, 0.1) is 12.4 Å². The molecule has 0 saturated carbocycles. The lowest BCUT2D eigenvalue weighted by Crippen LogP contribution is -2.12. The Labute approximate surface area is 118 Å². The van der Waals surface area contributed by atoms with Crippen molar-refractivity contribution in [1.82, 2.24) is 15.1 Å². The predicted octanol–water partition coefficient (Wildman–Crippen LogP) is 3.04. The second-order valence-electron chi connectivity index (χ2n) is 4.37. The van der Waals surface area contributed by atoms with Crippen LogP contribution in [0.2, 0.25) is 0 Å². The first-order chi connectivity index (χ1) is 9.31. The van der Waals surface area contributed by atoms with Gasteiger partial charge in [-0.3, -0.25) is 4.68 Å². The van der Waals surface area contributed by atoms with Gasteiger partial charge in [0.1, 0.15) is 6.61 Å².